The first kappa shape index (κ1) is 27.2. The van der Waals surface area contributed by atoms with E-state index in [2.05, 4.69) is 132 Å². The Morgan fingerprint density at radius 2 is 0.760 bits per heavy atom. The second-order valence-corrected chi connectivity index (χ2v) is 12.9. The van der Waals surface area contributed by atoms with E-state index in [4.69, 9.17) is 13.3 Å². The quantitative estimate of drug-likeness (QED) is 0.192. The molecular weight excluding hydrogens is 615 g/mol. The van der Waals surface area contributed by atoms with Crippen LogP contribution >= 0.6 is 0 Å². The molecule has 8 aromatic carbocycles. The minimum absolute atomic E-state index is 0.871. The molecule has 0 N–H and O–H groups in total. The van der Waals surface area contributed by atoms with E-state index in [1.54, 1.807) is 0 Å². The van der Waals surface area contributed by atoms with E-state index in [1.807, 2.05) is 36.4 Å². The Kier molecular flexibility index (Phi) is 5.63. The van der Waals surface area contributed by atoms with Crippen LogP contribution in [0.2, 0.25) is 0 Å². The average molecular weight is 642 g/mol. The molecule has 4 nitrogen and oxygen atoms in total. The van der Waals surface area contributed by atoms with Gasteiger partial charge < -0.3 is 18.2 Å². The van der Waals surface area contributed by atoms with Crippen molar-refractivity contribution in [2.75, 3.05) is 4.90 Å². The van der Waals surface area contributed by atoms with Crippen molar-refractivity contribution in [3.05, 3.63) is 164 Å². The smallest absolute Gasteiger partial charge is 0.143 e. The van der Waals surface area contributed by atoms with Crippen LogP contribution < -0.4 is 4.90 Å². The third-order valence-corrected chi connectivity index (χ3v) is 10.1. The summed E-state index contributed by atoms with van der Waals surface area (Å²) < 4.78 is 18.8. The first-order valence-corrected chi connectivity index (χ1v) is 16.8. The number of anilines is 3. The number of benzene rings is 8. The summed E-state index contributed by atoms with van der Waals surface area (Å²) in [6.07, 6.45) is 0. The molecule has 50 heavy (non-hydrogen) atoms. The molecule has 0 bridgehead atoms. The topological polar surface area (TPSA) is 42.7 Å². The molecule has 0 amide bonds. The maximum absolute atomic E-state index is 6.39. The Morgan fingerprint density at radius 3 is 1.38 bits per heavy atom. The highest BCUT2D eigenvalue weighted by atomic mass is 16.3. The summed E-state index contributed by atoms with van der Waals surface area (Å²) in [4.78, 5) is 2.31. The molecule has 0 fully saturated rings. The van der Waals surface area contributed by atoms with Crippen molar-refractivity contribution in [2.45, 2.75) is 0 Å². The van der Waals surface area contributed by atoms with Crippen LogP contribution in [0.4, 0.5) is 17.1 Å². The highest BCUT2D eigenvalue weighted by Gasteiger charge is 2.18. The average Bonchev–Trinajstić information content (AvgIpc) is 3.86. The van der Waals surface area contributed by atoms with E-state index in [1.165, 1.54) is 10.9 Å². The third kappa shape index (κ3) is 3.99. The van der Waals surface area contributed by atoms with E-state index in [-0.39, 0.29) is 0 Å². The number of hydrogen-bond donors (Lipinski definition) is 0. The zero-order chi connectivity index (χ0) is 32.8. The van der Waals surface area contributed by atoms with Gasteiger partial charge in [-0.15, -0.1) is 0 Å². The van der Waals surface area contributed by atoms with Crippen molar-refractivity contribution >= 4 is 93.7 Å². The minimum atomic E-state index is 0.871. The summed E-state index contributed by atoms with van der Waals surface area (Å²) in [6, 6.07) is 57.3. The van der Waals surface area contributed by atoms with Crippen molar-refractivity contribution in [1.82, 2.24) is 0 Å². The van der Waals surface area contributed by atoms with Crippen molar-refractivity contribution in [3.8, 4) is 11.1 Å². The van der Waals surface area contributed by atoms with E-state index >= 15 is 0 Å². The zero-order valence-corrected chi connectivity index (χ0v) is 26.8. The van der Waals surface area contributed by atoms with Crippen LogP contribution in [-0.4, -0.2) is 0 Å². The predicted molar refractivity (Wildman–Crippen MR) is 206 cm³/mol. The van der Waals surface area contributed by atoms with Crippen LogP contribution in [0.3, 0.4) is 0 Å². The van der Waals surface area contributed by atoms with E-state index in [0.717, 1.165) is 93.8 Å². The number of rotatable bonds is 4. The molecule has 4 heteroatoms. The molecule has 0 saturated heterocycles. The van der Waals surface area contributed by atoms with Crippen LogP contribution in [0, 0.1) is 0 Å². The fourth-order valence-electron chi connectivity index (χ4n) is 7.74. The van der Waals surface area contributed by atoms with Crippen molar-refractivity contribution < 1.29 is 13.3 Å². The Balaban J connectivity index is 1.08. The molecule has 3 heterocycles. The zero-order valence-electron chi connectivity index (χ0n) is 26.8. The first-order chi connectivity index (χ1) is 24.8. The lowest BCUT2D eigenvalue weighted by Crippen LogP contribution is -2.09. The van der Waals surface area contributed by atoms with Crippen LogP contribution in [-0.2, 0) is 0 Å². The van der Waals surface area contributed by atoms with Gasteiger partial charge in [-0.05, 0) is 89.3 Å². The minimum Gasteiger partial charge on any atom is -0.456 e. The van der Waals surface area contributed by atoms with Crippen LogP contribution in [0.5, 0.6) is 0 Å². The van der Waals surface area contributed by atoms with E-state index < -0.39 is 0 Å². The summed E-state index contributed by atoms with van der Waals surface area (Å²) in [6.45, 7) is 0. The summed E-state index contributed by atoms with van der Waals surface area (Å²) in [7, 11) is 0. The number of nitrogens with zero attached hydrogens (tertiary/aromatic N) is 1. The van der Waals surface area contributed by atoms with Crippen molar-refractivity contribution in [2.24, 2.45) is 0 Å². The van der Waals surface area contributed by atoms with Crippen LogP contribution in [0.1, 0.15) is 0 Å². The lowest BCUT2D eigenvalue weighted by Gasteiger charge is -2.26. The Labute approximate surface area is 286 Å². The maximum atomic E-state index is 6.39. The largest absolute Gasteiger partial charge is 0.456 e. The second kappa shape index (κ2) is 10.4. The van der Waals surface area contributed by atoms with Gasteiger partial charge in [0.25, 0.3) is 0 Å². The lowest BCUT2D eigenvalue weighted by atomic mass is 9.96. The van der Waals surface area contributed by atoms with Gasteiger partial charge in [-0.1, -0.05) is 91.0 Å². The highest BCUT2D eigenvalue weighted by molar-refractivity contribution is 6.17. The molecule has 11 rings (SSSR count). The van der Waals surface area contributed by atoms with Gasteiger partial charge in [-0.25, -0.2) is 0 Å². The van der Waals surface area contributed by atoms with Crippen molar-refractivity contribution in [1.29, 1.82) is 0 Å². The van der Waals surface area contributed by atoms with E-state index in [0.29, 0.717) is 0 Å². The van der Waals surface area contributed by atoms with Crippen LogP contribution in [0.15, 0.2) is 177 Å². The van der Waals surface area contributed by atoms with Gasteiger partial charge in [0, 0.05) is 54.8 Å². The Hall–Kier alpha value is -6.78. The number of fused-ring (bicyclic) bond motifs is 11. The van der Waals surface area contributed by atoms with Gasteiger partial charge in [0.15, 0.2) is 0 Å². The molecule has 234 valence electrons. The van der Waals surface area contributed by atoms with Gasteiger partial charge in [0.2, 0.25) is 0 Å². The van der Waals surface area contributed by atoms with Crippen LogP contribution in [0.25, 0.3) is 87.7 Å². The molecule has 0 radical (unpaired) electrons. The predicted octanol–water partition coefficient (Wildman–Crippen LogP) is 13.7. The van der Waals surface area contributed by atoms with Gasteiger partial charge in [0.1, 0.15) is 33.5 Å². The molecule has 0 atom stereocenters. The number of para-hydroxylation sites is 3. The third-order valence-electron chi connectivity index (χ3n) is 10.1. The molecular formula is C46H27NO3. The van der Waals surface area contributed by atoms with Crippen molar-refractivity contribution in [3.63, 3.8) is 0 Å². The molecule has 3 aromatic heterocycles. The summed E-state index contributed by atoms with van der Waals surface area (Å²) in [5, 5.41) is 8.94. The standard InChI is InChI=1S/C46H27NO3/c1-6-15-43-34(8-1)38-23-22-33-32(11-7-12-37(33)46(38)50-43)28-16-18-29(19-17-28)47(30-20-24-44-39(26-30)35-9-2-4-13-41(35)48-44)31-21-25-45-40(27-31)36-10-3-5-14-42(36)49-45/h1-27H. The van der Waals surface area contributed by atoms with Gasteiger partial charge in [0.05, 0.1) is 0 Å². The fourth-order valence-corrected chi connectivity index (χ4v) is 7.74. The molecule has 0 saturated carbocycles. The highest BCUT2D eigenvalue weighted by Crippen LogP contribution is 2.43. The molecule has 0 spiro atoms. The molecule has 0 aliphatic carbocycles. The number of furan rings is 3. The lowest BCUT2D eigenvalue weighted by molar-refractivity contribution is 0.668. The fraction of sp³-hybridized carbons (Fsp3) is 0. The maximum Gasteiger partial charge on any atom is 0.143 e. The molecule has 11 aromatic rings. The monoisotopic (exact) mass is 641 g/mol. The molecule has 0 aliphatic heterocycles. The SMILES string of the molecule is c1ccc2c(c1)oc1ccc(N(c3ccc(-c4cccc5c4ccc4c6ccccc6oc54)cc3)c3ccc4oc5ccccc5c4c3)cc12. The van der Waals surface area contributed by atoms with Gasteiger partial charge in [-0.2, -0.15) is 0 Å². The van der Waals surface area contributed by atoms with E-state index in [9.17, 15) is 0 Å². The first-order valence-electron chi connectivity index (χ1n) is 16.8. The number of hydrogen-bond acceptors (Lipinski definition) is 4. The van der Waals surface area contributed by atoms with Gasteiger partial charge >= 0.3 is 0 Å². The van der Waals surface area contributed by atoms with Gasteiger partial charge in [-0.3, -0.25) is 0 Å². The summed E-state index contributed by atoms with van der Waals surface area (Å²) in [5.74, 6) is 0. The summed E-state index contributed by atoms with van der Waals surface area (Å²) >= 11 is 0. The second-order valence-electron chi connectivity index (χ2n) is 12.9. The Bertz CT molecular complexity index is 2990. The molecule has 0 aliphatic rings. The summed E-state index contributed by atoms with van der Waals surface area (Å²) in [5.41, 5.74) is 10.8. The Morgan fingerprint density at radius 1 is 0.300 bits per heavy atom. The normalized spacial score (nSPS) is 12.0. The molecule has 0 unspecified atom stereocenters.